The summed E-state index contributed by atoms with van der Waals surface area (Å²) in [7, 11) is -3.18. The van der Waals surface area contributed by atoms with Crippen molar-refractivity contribution in [3.05, 3.63) is 24.3 Å². The first-order valence-corrected chi connectivity index (χ1v) is 8.97. The second kappa shape index (κ2) is 6.47. The third kappa shape index (κ3) is 3.75. The molecule has 1 aliphatic heterocycles. The standard InChI is InChI=1S/C15H22N2O3S/c1-3-21(19,20)14-8-6-13(7-9-14)16-12(2)15(18)17-10-4-5-11-17/h6-9,12,16H,3-5,10-11H2,1-2H3. The van der Waals surface area contributed by atoms with Gasteiger partial charge in [-0.3, -0.25) is 4.79 Å². The highest BCUT2D eigenvalue weighted by Crippen LogP contribution is 2.17. The molecule has 1 aliphatic rings. The minimum absolute atomic E-state index is 0.0869. The van der Waals surface area contributed by atoms with Gasteiger partial charge in [0.15, 0.2) is 9.84 Å². The van der Waals surface area contributed by atoms with E-state index in [0.29, 0.717) is 4.90 Å². The SMILES string of the molecule is CCS(=O)(=O)c1ccc(NC(C)C(=O)N2CCCC2)cc1. The molecule has 0 saturated carbocycles. The zero-order valence-electron chi connectivity index (χ0n) is 12.5. The van der Waals surface area contributed by atoms with Crippen LogP contribution in [0.15, 0.2) is 29.2 Å². The third-order valence-corrected chi connectivity index (χ3v) is 5.52. The van der Waals surface area contributed by atoms with Crippen LogP contribution in [0.25, 0.3) is 0 Å². The fraction of sp³-hybridized carbons (Fsp3) is 0.533. The number of hydrogen-bond acceptors (Lipinski definition) is 4. The first kappa shape index (κ1) is 15.8. The monoisotopic (exact) mass is 310 g/mol. The van der Waals surface area contributed by atoms with Crippen LogP contribution in [0.1, 0.15) is 26.7 Å². The first-order chi connectivity index (χ1) is 9.94. The van der Waals surface area contributed by atoms with Crippen LogP contribution in [-0.2, 0) is 14.6 Å². The van der Waals surface area contributed by atoms with Crippen molar-refractivity contribution in [3.8, 4) is 0 Å². The van der Waals surface area contributed by atoms with Gasteiger partial charge in [0.25, 0.3) is 0 Å². The smallest absolute Gasteiger partial charge is 0.244 e. The van der Waals surface area contributed by atoms with Gasteiger partial charge < -0.3 is 10.2 Å². The molecule has 116 valence electrons. The van der Waals surface area contributed by atoms with Gasteiger partial charge >= 0.3 is 0 Å². The Labute approximate surface area is 126 Å². The summed E-state index contributed by atoms with van der Waals surface area (Å²) < 4.78 is 23.5. The molecule has 5 nitrogen and oxygen atoms in total. The van der Waals surface area contributed by atoms with E-state index in [4.69, 9.17) is 0 Å². The van der Waals surface area contributed by atoms with Crippen LogP contribution in [0.2, 0.25) is 0 Å². The normalized spacial score (nSPS) is 16.8. The Kier molecular flexibility index (Phi) is 4.88. The molecule has 1 aromatic rings. The number of benzene rings is 1. The number of nitrogens with zero attached hydrogens (tertiary/aromatic N) is 1. The Bertz CT molecular complexity index is 590. The second-order valence-electron chi connectivity index (χ2n) is 5.33. The van der Waals surface area contributed by atoms with Gasteiger partial charge in [0.05, 0.1) is 10.6 Å². The molecule has 0 radical (unpaired) electrons. The number of hydrogen-bond donors (Lipinski definition) is 1. The molecule has 0 spiro atoms. The number of amides is 1. The maximum absolute atomic E-state index is 12.2. The molecular formula is C15H22N2O3S. The van der Waals surface area contributed by atoms with E-state index in [-0.39, 0.29) is 17.7 Å². The fourth-order valence-corrected chi connectivity index (χ4v) is 3.33. The van der Waals surface area contributed by atoms with E-state index in [1.807, 2.05) is 11.8 Å². The van der Waals surface area contributed by atoms with Gasteiger partial charge in [0, 0.05) is 18.8 Å². The van der Waals surface area contributed by atoms with Crippen molar-refractivity contribution in [2.75, 3.05) is 24.2 Å². The summed E-state index contributed by atoms with van der Waals surface area (Å²) in [6.07, 6.45) is 2.14. The van der Waals surface area contributed by atoms with E-state index in [9.17, 15) is 13.2 Å². The largest absolute Gasteiger partial charge is 0.374 e. The molecule has 1 saturated heterocycles. The van der Waals surface area contributed by atoms with Crippen molar-refractivity contribution in [2.45, 2.75) is 37.6 Å². The fourth-order valence-electron chi connectivity index (χ4n) is 2.45. The van der Waals surface area contributed by atoms with Crippen molar-refractivity contribution in [1.29, 1.82) is 0 Å². The van der Waals surface area contributed by atoms with Crippen LogP contribution in [0.3, 0.4) is 0 Å². The number of nitrogens with one attached hydrogen (secondary N) is 1. The van der Waals surface area contributed by atoms with E-state index in [1.54, 1.807) is 31.2 Å². The number of carbonyl (C=O) groups is 1. The summed E-state index contributed by atoms with van der Waals surface area (Å²) in [4.78, 5) is 14.4. The Balaban J connectivity index is 2.01. The Morgan fingerprint density at radius 3 is 2.33 bits per heavy atom. The lowest BCUT2D eigenvalue weighted by atomic mass is 10.2. The topological polar surface area (TPSA) is 66.5 Å². The molecule has 2 rings (SSSR count). The predicted molar refractivity (Wildman–Crippen MR) is 83.1 cm³/mol. The number of anilines is 1. The Morgan fingerprint density at radius 2 is 1.81 bits per heavy atom. The molecule has 1 N–H and O–H groups in total. The van der Waals surface area contributed by atoms with Crippen molar-refractivity contribution < 1.29 is 13.2 Å². The van der Waals surface area contributed by atoms with E-state index in [0.717, 1.165) is 31.6 Å². The van der Waals surface area contributed by atoms with E-state index in [2.05, 4.69) is 5.32 Å². The minimum Gasteiger partial charge on any atom is -0.374 e. The minimum atomic E-state index is -3.18. The molecule has 1 aromatic carbocycles. The number of likely N-dealkylation sites (tertiary alicyclic amines) is 1. The maximum atomic E-state index is 12.2. The first-order valence-electron chi connectivity index (χ1n) is 7.32. The highest BCUT2D eigenvalue weighted by atomic mass is 32.2. The lowest BCUT2D eigenvalue weighted by molar-refractivity contribution is -0.130. The van der Waals surface area contributed by atoms with Crippen LogP contribution in [0.5, 0.6) is 0 Å². The molecule has 6 heteroatoms. The predicted octanol–water partition coefficient (Wildman–Crippen LogP) is 1.90. The zero-order chi connectivity index (χ0) is 15.5. The molecule has 21 heavy (non-hydrogen) atoms. The van der Waals surface area contributed by atoms with Crippen LogP contribution in [0.4, 0.5) is 5.69 Å². The van der Waals surface area contributed by atoms with Crippen LogP contribution >= 0.6 is 0 Å². The van der Waals surface area contributed by atoms with Crippen molar-refractivity contribution >= 4 is 21.4 Å². The maximum Gasteiger partial charge on any atom is 0.244 e. The molecule has 1 fully saturated rings. The molecule has 0 aromatic heterocycles. The van der Waals surface area contributed by atoms with E-state index < -0.39 is 9.84 Å². The summed E-state index contributed by atoms with van der Waals surface area (Å²) >= 11 is 0. The van der Waals surface area contributed by atoms with Gasteiger partial charge in [-0.15, -0.1) is 0 Å². The Hall–Kier alpha value is -1.56. The van der Waals surface area contributed by atoms with E-state index in [1.165, 1.54) is 0 Å². The summed E-state index contributed by atoms with van der Waals surface area (Å²) in [5.74, 6) is 0.182. The van der Waals surface area contributed by atoms with Gasteiger partial charge in [0.2, 0.25) is 5.91 Å². The zero-order valence-corrected chi connectivity index (χ0v) is 13.3. The van der Waals surface area contributed by atoms with Gasteiger partial charge in [0.1, 0.15) is 6.04 Å². The van der Waals surface area contributed by atoms with Crippen molar-refractivity contribution in [3.63, 3.8) is 0 Å². The molecule has 1 unspecified atom stereocenters. The lowest BCUT2D eigenvalue weighted by Gasteiger charge is -2.22. The molecule has 0 aliphatic carbocycles. The van der Waals surface area contributed by atoms with Gasteiger partial charge in [-0.2, -0.15) is 0 Å². The molecule has 1 heterocycles. The van der Waals surface area contributed by atoms with E-state index >= 15 is 0 Å². The van der Waals surface area contributed by atoms with Crippen LogP contribution in [0, 0.1) is 0 Å². The Morgan fingerprint density at radius 1 is 1.24 bits per heavy atom. The average Bonchev–Trinajstić information content (AvgIpc) is 3.01. The van der Waals surface area contributed by atoms with Crippen LogP contribution < -0.4 is 5.32 Å². The average molecular weight is 310 g/mol. The summed E-state index contributed by atoms with van der Waals surface area (Å²) in [6, 6.07) is 6.26. The molecule has 1 atom stereocenters. The van der Waals surface area contributed by atoms with Gasteiger partial charge in [-0.05, 0) is 44.0 Å². The molecule has 1 amide bonds. The second-order valence-corrected chi connectivity index (χ2v) is 7.60. The van der Waals surface area contributed by atoms with Gasteiger partial charge in [-0.1, -0.05) is 6.92 Å². The summed E-state index contributed by atoms with van der Waals surface area (Å²) in [5, 5.41) is 3.13. The lowest BCUT2D eigenvalue weighted by Crippen LogP contribution is -2.39. The van der Waals surface area contributed by atoms with Crippen molar-refractivity contribution in [2.24, 2.45) is 0 Å². The highest BCUT2D eigenvalue weighted by molar-refractivity contribution is 7.91. The third-order valence-electron chi connectivity index (χ3n) is 3.76. The quantitative estimate of drug-likeness (QED) is 0.902. The van der Waals surface area contributed by atoms with Gasteiger partial charge in [-0.25, -0.2) is 8.42 Å². The number of carbonyl (C=O) groups excluding carboxylic acids is 1. The number of rotatable bonds is 5. The summed E-state index contributed by atoms with van der Waals surface area (Å²) in [6.45, 7) is 5.12. The molecule has 0 bridgehead atoms. The van der Waals surface area contributed by atoms with Crippen LogP contribution in [-0.4, -0.2) is 44.1 Å². The van der Waals surface area contributed by atoms with Crippen molar-refractivity contribution in [1.82, 2.24) is 4.90 Å². The molecular weight excluding hydrogens is 288 g/mol. The highest BCUT2D eigenvalue weighted by Gasteiger charge is 2.23. The number of sulfone groups is 1. The summed E-state index contributed by atoms with van der Waals surface area (Å²) in [5.41, 5.74) is 0.755.